The fourth-order valence-corrected chi connectivity index (χ4v) is 3.96. The lowest BCUT2D eigenvalue weighted by molar-refractivity contribution is 0.181. The van der Waals surface area contributed by atoms with Gasteiger partial charge < -0.3 is 9.73 Å². The topological polar surface area (TPSA) is 28.4 Å². The summed E-state index contributed by atoms with van der Waals surface area (Å²) in [6.45, 7) is 8.26. The number of hydrogen-bond donors (Lipinski definition) is 1. The van der Waals surface area contributed by atoms with Crippen LogP contribution in [0.15, 0.2) is 22.8 Å². The molecule has 3 heteroatoms. The third-order valence-corrected chi connectivity index (χ3v) is 5.65. The summed E-state index contributed by atoms with van der Waals surface area (Å²) in [5, 5.41) is 3.84. The van der Waals surface area contributed by atoms with Gasteiger partial charge in [0.1, 0.15) is 5.76 Å². The van der Waals surface area contributed by atoms with Crippen LogP contribution >= 0.6 is 0 Å². The second-order valence-electron chi connectivity index (χ2n) is 7.15. The Labute approximate surface area is 129 Å². The monoisotopic (exact) mass is 290 g/mol. The molecule has 21 heavy (non-hydrogen) atoms. The Bertz CT molecular complexity index is 411. The lowest BCUT2D eigenvalue weighted by Crippen LogP contribution is -2.41. The van der Waals surface area contributed by atoms with Gasteiger partial charge >= 0.3 is 0 Å². The Morgan fingerprint density at radius 3 is 2.71 bits per heavy atom. The molecule has 1 aliphatic carbocycles. The SMILES string of the molecule is CC1CCC(NCC(c2ccco2)N2CCCC2)CC1C. The summed E-state index contributed by atoms with van der Waals surface area (Å²) in [7, 11) is 0. The van der Waals surface area contributed by atoms with Crippen LogP contribution in [0.4, 0.5) is 0 Å². The molecule has 0 aromatic carbocycles. The van der Waals surface area contributed by atoms with Crippen LogP contribution in [-0.2, 0) is 0 Å². The average molecular weight is 290 g/mol. The first-order valence-electron chi connectivity index (χ1n) is 8.75. The van der Waals surface area contributed by atoms with Crippen LogP contribution in [0.5, 0.6) is 0 Å². The van der Waals surface area contributed by atoms with Crippen molar-refractivity contribution in [1.82, 2.24) is 10.2 Å². The van der Waals surface area contributed by atoms with E-state index in [1.165, 1.54) is 45.2 Å². The van der Waals surface area contributed by atoms with E-state index >= 15 is 0 Å². The highest BCUT2D eigenvalue weighted by Gasteiger charge is 2.28. The van der Waals surface area contributed by atoms with E-state index in [1.807, 2.05) is 12.3 Å². The molecule has 2 heterocycles. The van der Waals surface area contributed by atoms with Crippen LogP contribution in [0, 0.1) is 11.8 Å². The summed E-state index contributed by atoms with van der Waals surface area (Å²) in [5.41, 5.74) is 0. The van der Waals surface area contributed by atoms with Crippen molar-refractivity contribution < 1.29 is 4.42 Å². The van der Waals surface area contributed by atoms with Crippen molar-refractivity contribution in [3.8, 4) is 0 Å². The van der Waals surface area contributed by atoms with Crippen LogP contribution in [-0.4, -0.2) is 30.6 Å². The van der Waals surface area contributed by atoms with Crippen molar-refractivity contribution in [2.45, 2.75) is 58.0 Å². The molecule has 1 aliphatic heterocycles. The summed E-state index contributed by atoms with van der Waals surface area (Å²) >= 11 is 0. The van der Waals surface area contributed by atoms with Gasteiger partial charge in [-0.05, 0) is 69.2 Å². The minimum absolute atomic E-state index is 0.414. The molecule has 1 saturated carbocycles. The van der Waals surface area contributed by atoms with Crippen LogP contribution in [0.3, 0.4) is 0 Å². The average Bonchev–Trinajstić information content (AvgIpc) is 3.16. The summed E-state index contributed by atoms with van der Waals surface area (Å²) in [6, 6.07) is 5.26. The number of nitrogens with zero attached hydrogens (tertiary/aromatic N) is 1. The molecule has 1 aromatic rings. The first-order valence-corrected chi connectivity index (χ1v) is 8.75. The molecule has 2 fully saturated rings. The molecule has 0 bridgehead atoms. The first-order chi connectivity index (χ1) is 10.2. The molecule has 118 valence electrons. The van der Waals surface area contributed by atoms with Crippen molar-refractivity contribution in [1.29, 1.82) is 0 Å². The predicted molar refractivity (Wildman–Crippen MR) is 86.2 cm³/mol. The van der Waals surface area contributed by atoms with E-state index in [2.05, 4.69) is 30.1 Å². The molecule has 3 rings (SSSR count). The minimum Gasteiger partial charge on any atom is -0.468 e. The zero-order valence-corrected chi connectivity index (χ0v) is 13.6. The smallest absolute Gasteiger partial charge is 0.122 e. The molecule has 1 saturated heterocycles. The number of likely N-dealkylation sites (tertiary alicyclic amines) is 1. The third kappa shape index (κ3) is 3.70. The van der Waals surface area contributed by atoms with E-state index in [0.29, 0.717) is 12.1 Å². The van der Waals surface area contributed by atoms with Crippen LogP contribution in [0.1, 0.15) is 57.8 Å². The molecular formula is C18H30N2O. The van der Waals surface area contributed by atoms with Gasteiger partial charge in [-0.25, -0.2) is 0 Å². The first kappa shape index (κ1) is 15.1. The molecule has 1 aromatic heterocycles. The summed E-state index contributed by atoms with van der Waals surface area (Å²) in [5.74, 6) is 2.87. The maximum atomic E-state index is 5.70. The van der Waals surface area contributed by atoms with E-state index in [0.717, 1.165) is 24.1 Å². The van der Waals surface area contributed by atoms with Gasteiger partial charge in [-0.15, -0.1) is 0 Å². The molecule has 4 atom stereocenters. The maximum Gasteiger partial charge on any atom is 0.122 e. The predicted octanol–water partition coefficient (Wildman–Crippen LogP) is 3.83. The van der Waals surface area contributed by atoms with Crippen molar-refractivity contribution in [2.24, 2.45) is 11.8 Å². The highest BCUT2D eigenvalue weighted by atomic mass is 16.3. The van der Waals surface area contributed by atoms with Gasteiger partial charge in [-0.2, -0.15) is 0 Å². The van der Waals surface area contributed by atoms with E-state index in [1.54, 1.807) is 0 Å². The minimum atomic E-state index is 0.414. The summed E-state index contributed by atoms with van der Waals surface area (Å²) < 4.78 is 5.70. The number of nitrogens with one attached hydrogen (secondary N) is 1. The Morgan fingerprint density at radius 1 is 1.24 bits per heavy atom. The Balaban J connectivity index is 1.57. The van der Waals surface area contributed by atoms with E-state index in [9.17, 15) is 0 Å². The second kappa shape index (κ2) is 6.97. The van der Waals surface area contributed by atoms with E-state index in [4.69, 9.17) is 4.42 Å². The molecule has 3 nitrogen and oxygen atoms in total. The number of rotatable bonds is 5. The van der Waals surface area contributed by atoms with E-state index < -0.39 is 0 Å². The normalized spacial score (nSPS) is 32.4. The van der Waals surface area contributed by atoms with Gasteiger partial charge in [-0.1, -0.05) is 13.8 Å². The Kier molecular flexibility index (Phi) is 5.02. The lowest BCUT2D eigenvalue weighted by Gasteiger charge is -2.34. The third-order valence-electron chi connectivity index (χ3n) is 5.65. The van der Waals surface area contributed by atoms with Gasteiger partial charge in [-0.3, -0.25) is 4.90 Å². The van der Waals surface area contributed by atoms with Crippen LogP contribution < -0.4 is 5.32 Å². The van der Waals surface area contributed by atoms with Gasteiger partial charge in [0.15, 0.2) is 0 Å². The van der Waals surface area contributed by atoms with Gasteiger partial charge in [0.25, 0.3) is 0 Å². The molecule has 2 aliphatic rings. The molecule has 1 N–H and O–H groups in total. The molecule has 0 radical (unpaired) electrons. The molecule has 0 spiro atoms. The largest absolute Gasteiger partial charge is 0.468 e. The fraction of sp³-hybridized carbons (Fsp3) is 0.778. The molecule has 4 unspecified atom stereocenters. The fourth-order valence-electron chi connectivity index (χ4n) is 3.96. The zero-order valence-electron chi connectivity index (χ0n) is 13.6. The number of furan rings is 1. The summed E-state index contributed by atoms with van der Waals surface area (Å²) in [6.07, 6.45) is 8.49. The molecular weight excluding hydrogens is 260 g/mol. The second-order valence-corrected chi connectivity index (χ2v) is 7.15. The lowest BCUT2D eigenvalue weighted by atomic mass is 9.79. The summed E-state index contributed by atoms with van der Waals surface area (Å²) in [4.78, 5) is 2.58. The highest BCUT2D eigenvalue weighted by molar-refractivity contribution is 5.06. The van der Waals surface area contributed by atoms with E-state index in [-0.39, 0.29) is 0 Å². The quantitative estimate of drug-likeness (QED) is 0.893. The molecule has 0 amide bonds. The van der Waals surface area contributed by atoms with Gasteiger partial charge in [0.05, 0.1) is 12.3 Å². The van der Waals surface area contributed by atoms with Crippen molar-refractivity contribution in [3.05, 3.63) is 24.2 Å². The maximum absolute atomic E-state index is 5.70. The Hall–Kier alpha value is -0.800. The van der Waals surface area contributed by atoms with Crippen LogP contribution in [0.2, 0.25) is 0 Å². The van der Waals surface area contributed by atoms with Crippen molar-refractivity contribution in [3.63, 3.8) is 0 Å². The Morgan fingerprint density at radius 2 is 2.05 bits per heavy atom. The van der Waals surface area contributed by atoms with Crippen molar-refractivity contribution >= 4 is 0 Å². The zero-order chi connectivity index (χ0) is 14.7. The van der Waals surface area contributed by atoms with Gasteiger partial charge in [0.2, 0.25) is 0 Å². The standard InChI is InChI=1S/C18H30N2O/c1-14-7-8-16(12-15(14)2)19-13-17(18-6-5-11-21-18)20-9-3-4-10-20/h5-6,11,14-17,19H,3-4,7-10,12-13H2,1-2H3. The van der Waals surface area contributed by atoms with Gasteiger partial charge in [0, 0.05) is 12.6 Å². The number of hydrogen-bond acceptors (Lipinski definition) is 3. The highest BCUT2D eigenvalue weighted by Crippen LogP contribution is 2.30. The van der Waals surface area contributed by atoms with Crippen molar-refractivity contribution in [2.75, 3.05) is 19.6 Å². The van der Waals surface area contributed by atoms with Crippen LogP contribution in [0.25, 0.3) is 0 Å².